The molecule has 0 N–H and O–H groups in total. The van der Waals surface area contributed by atoms with Crippen LogP contribution in [0, 0.1) is 0 Å². The van der Waals surface area contributed by atoms with E-state index in [4.69, 9.17) is 0 Å². The summed E-state index contributed by atoms with van der Waals surface area (Å²) in [5, 5.41) is 1.36. The van der Waals surface area contributed by atoms with Crippen LogP contribution in [0.2, 0.25) is 0 Å². The molecule has 1 saturated carbocycles. The van der Waals surface area contributed by atoms with Crippen LogP contribution in [0.5, 0.6) is 0 Å². The number of likely N-dealkylation sites (tertiary alicyclic amines) is 1. The molecule has 0 bridgehead atoms. The van der Waals surface area contributed by atoms with Crippen molar-refractivity contribution in [2.75, 3.05) is 25.0 Å². The summed E-state index contributed by atoms with van der Waals surface area (Å²) in [6, 6.07) is 2.56. The van der Waals surface area contributed by atoms with Crippen molar-refractivity contribution >= 4 is 17.2 Å². The summed E-state index contributed by atoms with van der Waals surface area (Å²) in [5.41, 5.74) is 0. The van der Waals surface area contributed by atoms with Gasteiger partial charge in [0.1, 0.15) is 12.1 Å². The number of aromatic nitrogens is 3. The third kappa shape index (κ3) is 3.53. The topological polar surface area (TPSA) is 45.2 Å². The first kappa shape index (κ1) is 15.0. The van der Waals surface area contributed by atoms with E-state index in [1.165, 1.54) is 35.6 Å². The first-order chi connectivity index (χ1) is 11.3. The fourth-order valence-electron chi connectivity index (χ4n) is 3.28. The third-order valence-corrected chi connectivity index (χ3v) is 6.05. The Morgan fingerprint density at radius 3 is 2.74 bits per heavy atom. The molecule has 3 heterocycles. The average Bonchev–Trinajstić information content (AvgIpc) is 3.36. The van der Waals surface area contributed by atoms with Crippen LogP contribution >= 0.6 is 11.3 Å². The van der Waals surface area contributed by atoms with Gasteiger partial charge < -0.3 is 4.90 Å². The third-order valence-electron chi connectivity index (χ3n) is 4.91. The number of thiazole rings is 1. The van der Waals surface area contributed by atoms with Crippen molar-refractivity contribution < 1.29 is 0 Å². The summed E-state index contributed by atoms with van der Waals surface area (Å²) in [6.45, 7) is 3.36. The number of rotatable bonds is 5. The number of nitrogens with zero attached hydrogens (tertiary/aromatic N) is 5. The van der Waals surface area contributed by atoms with E-state index in [2.05, 4.69) is 38.0 Å². The molecule has 0 aromatic carbocycles. The Balaban J connectivity index is 1.30. The van der Waals surface area contributed by atoms with Gasteiger partial charge in [-0.15, -0.1) is 11.3 Å². The van der Waals surface area contributed by atoms with Crippen molar-refractivity contribution in [1.82, 2.24) is 19.9 Å². The lowest BCUT2D eigenvalue weighted by atomic mass is 10.0. The molecule has 2 fully saturated rings. The summed E-state index contributed by atoms with van der Waals surface area (Å²) >= 11 is 1.92. The molecule has 2 aromatic heterocycles. The largest absolute Gasteiger partial charge is 0.356 e. The lowest BCUT2D eigenvalue weighted by Gasteiger charge is -2.37. The van der Waals surface area contributed by atoms with Gasteiger partial charge in [0, 0.05) is 55.9 Å². The minimum Gasteiger partial charge on any atom is -0.356 e. The molecule has 2 aromatic rings. The van der Waals surface area contributed by atoms with E-state index in [-0.39, 0.29) is 0 Å². The lowest BCUT2D eigenvalue weighted by molar-refractivity contribution is 0.204. The summed E-state index contributed by atoms with van der Waals surface area (Å²) in [4.78, 5) is 19.2. The number of piperidine rings is 1. The summed E-state index contributed by atoms with van der Waals surface area (Å²) in [7, 11) is 2.15. The Labute approximate surface area is 141 Å². The van der Waals surface area contributed by atoms with E-state index in [9.17, 15) is 0 Å². The Morgan fingerprint density at radius 2 is 2.04 bits per heavy atom. The molecule has 1 aliphatic heterocycles. The molecular weight excluding hydrogens is 306 g/mol. The zero-order valence-corrected chi connectivity index (χ0v) is 14.4. The number of anilines is 1. The Morgan fingerprint density at radius 1 is 1.22 bits per heavy atom. The molecule has 122 valence electrons. The van der Waals surface area contributed by atoms with Crippen molar-refractivity contribution in [2.45, 2.75) is 44.2 Å². The monoisotopic (exact) mass is 329 g/mol. The standard InChI is InChI=1S/C17H23N5S/c1-21(16-4-7-18-12-20-16)14-5-8-22(9-6-14)11-15-10-19-17(23-15)13-2-3-13/h4,7,10,12-14H,2-3,5-6,8-9,11H2,1H3. The molecule has 0 atom stereocenters. The highest BCUT2D eigenvalue weighted by Crippen LogP contribution is 2.41. The van der Waals surface area contributed by atoms with Crippen molar-refractivity contribution in [3.05, 3.63) is 34.7 Å². The molecule has 0 unspecified atom stereocenters. The molecule has 0 spiro atoms. The van der Waals surface area contributed by atoms with Gasteiger partial charge in [-0.2, -0.15) is 0 Å². The fraction of sp³-hybridized carbons (Fsp3) is 0.588. The zero-order valence-electron chi connectivity index (χ0n) is 13.6. The highest BCUT2D eigenvalue weighted by Gasteiger charge is 2.27. The average molecular weight is 329 g/mol. The first-order valence-corrected chi connectivity index (χ1v) is 9.27. The number of hydrogen-bond acceptors (Lipinski definition) is 6. The zero-order chi connectivity index (χ0) is 15.6. The Bertz CT molecular complexity index is 631. The van der Waals surface area contributed by atoms with Gasteiger partial charge in [-0.05, 0) is 31.7 Å². The van der Waals surface area contributed by atoms with Gasteiger partial charge in [-0.25, -0.2) is 15.0 Å². The molecule has 23 heavy (non-hydrogen) atoms. The van der Waals surface area contributed by atoms with Crippen LogP contribution in [-0.4, -0.2) is 46.0 Å². The molecule has 1 aliphatic carbocycles. The summed E-state index contributed by atoms with van der Waals surface area (Å²) in [5.74, 6) is 1.80. The predicted octanol–water partition coefficient (Wildman–Crippen LogP) is 2.91. The van der Waals surface area contributed by atoms with Crippen LogP contribution in [0.4, 0.5) is 5.82 Å². The summed E-state index contributed by atoms with van der Waals surface area (Å²) < 4.78 is 0. The molecule has 5 nitrogen and oxygen atoms in total. The Hall–Kier alpha value is -1.53. The van der Waals surface area contributed by atoms with E-state index >= 15 is 0 Å². The molecule has 6 heteroatoms. The fourth-order valence-corrected chi connectivity index (χ4v) is 4.41. The van der Waals surface area contributed by atoms with E-state index in [1.807, 2.05) is 23.6 Å². The lowest BCUT2D eigenvalue weighted by Crippen LogP contribution is -2.43. The van der Waals surface area contributed by atoms with Gasteiger partial charge in [0.25, 0.3) is 0 Å². The summed E-state index contributed by atoms with van der Waals surface area (Å²) in [6.07, 6.45) is 10.6. The SMILES string of the molecule is CN(c1ccncn1)C1CCN(Cc2cnc(C3CC3)s2)CC1. The molecule has 0 radical (unpaired) electrons. The van der Waals surface area contributed by atoms with Crippen LogP contribution in [0.3, 0.4) is 0 Å². The number of hydrogen-bond donors (Lipinski definition) is 0. The van der Waals surface area contributed by atoms with Gasteiger partial charge in [0.05, 0.1) is 5.01 Å². The van der Waals surface area contributed by atoms with Crippen molar-refractivity contribution in [3.8, 4) is 0 Å². The molecule has 2 aliphatic rings. The molecule has 1 saturated heterocycles. The van der Waals surface area contributed by atoms with Gasteiger partial charge in [0.2, 0.25) is 0 Å². The van der Waals surface area contributed by atoms with Crippen LogP contribution in [0.25, 0.3) is 0 Å². The normalized spacial score (nSPS) is 19.9. The molecule has 4 rings (SSSR count). The highest BCUT2D eigenvalue weighted by molar-refractivity contribution is 7.11. The first-order valence-electron chi connectivity index (χ1n) is 8.45. The van der Waals surface area contributed by atoms with Gasteiger partial charge in [-0.1, -0.05) is 0 Å². The molecule has 0 amide bonds. The van der Waals surface area contributed by atoms with Crippen LogP contribution in [-0.2, 0) is 6.54 Å². The van der Waals surface area contributed by atoms with E-state index in [0.29, 0.717) is 6.04 Å². The van der Waals surface area contributed by atoms with Crippen LogP contribution in [0.1, 0.15) is 41.5 Å². The van der Waals surface area contributed by atoms with Gasteiger partial charge in [-0.3, -0.25) is 4.90 Å². The second-order valence-corrected chi connectivity index (χ2v) is 7.77. The van der Waals surface area contributed by atoms with E-state index in [1.54, 1.807) is 6.33 Å². The van der Waals surface area contributed by atoms with Gasteiger partial charge >= 0.3 is 0 Å². The maximum absolute atomic E-state index is 4.60. The second kappa shape index (κ2) is 6.53. The highest BCUT2D eigenvalue weighted by atomic mass is 32.1. The Kier molecular flexibility index (Phi) is 4.27. The quantitative estimate of drug-likeness (QED) is 0.844. The maximum atomic E-state index is 4.60. The van der Waals surface area contributed by atoms with Crippen LogP contribution < -0.4 is 4.90 Å². The van der Waals surface area contributed by atoms with E-state index < -0.39 is 0 Å². The van der Waals surface area contributed by atoms with E-state index in [0.717, 1.165) is 31.4 Å². The smallest absolute Gasteiger partial charge is 0.131 e. The van der Waals surface area contributed by atoms with Crippen molar-refractivity contribution in [2.24, 2.45) is 0 Å². The van der Waals surface area contributed by atoms with Crippen LogP contribution in [0.15, 0.2) is 24.8 Å². The second-order valence-electron chi connectivity index (χ2n) is 6.62. The minimum atomic E-state index is 0.574. The minimum absolute atomic E-state index is 0.574. The van der Waals surface area contributed by atoms with Crippen molar-refractivity contribution in [1.29, 1.82) is 0 Å². The van der Waals surface area contributed by atoms with Crippen molar-refractivity contribution in [3.63, 3.8) is 0 Å². The molecular formula is C17H23N5S. The maximum Gasteiger partial charge on any atom is 0.131 e. The van der Waals surface area contributed by atoms with Gasteiger partial charge in [0.15, 0.2) is 0 Å². The predicted molar refractivity (Wildman–Crippen MR) is 92.8 cm³/mol.